The van der Waals surface area contributed by atoms with Crippen molar-refractivity contribution in [3.05, 3.63) is 64.1 Å². The number of benzene rings is 1. The van der Waals surface area contributed by atoms with Crippen LogP contribution in [0.25, 0.3) is 6.08 Å². The molecule has 1 fully saturated rings. The number of Topliss-reactive ketones (excluding diaryl/α,β-unsaturated/α-hetero) is 2. The van der Waals surface area contributed by atoms with E-state index >= 15 is 0 Å². The van der Waals surface area contributed by atoms with Gasteiger partial charge in [-0.3, -0.25) is 9.59 Å². The quantitative estimate of drug-likeness (QED) is 0.623. The third-order valence-electron chi connectivity index (χ3n) is 4.15. The van der Waals surface area contributed by atoms with Gasteiger partial charge in [0.2, 0.25) is 0 Å². The van der Waals surface area contributed by atoms with Crippen molar-refractivity contribution >= 4 is 17.6 Å². The molecule has 0 radical (unpaired) electrons. The van der Waals surface area contributed by atoms with Crippen LogP contribution < -0.4 is 0 Å². The van der Waals surface area contributed by atoms with E-state index in [9.17, 15) is 9.59 Å². The van der Waals surface area contributed by atoms with E-state index in [1.807, 2.05) is 32.9 Å². The second-order valence-corrected chi connectivity index (χ2v) is 5.94. The molecule has 0 saturated heterocycles. The van der Waals surface area contributed by atoms with Crippen molar-refractivity contribution < 1.29 is 14.0 Å². The highest BCUT2D eigenvalue weighted by Gasteiger charge is 2.39. The zero-order chi connectivity index (χ0) is 15.9. The van der Waals surface area contributed by atoms with Crippen molar-refractivity contribution in [1.29, 1.82) is 0 Å². The summed E-state index contributed by atoms with van der Waals surface area (Å²) in [4.78, 5) is 25.1. The molecule has 3 heteroatoms. The molecule has 1 heterocycles. The first-order valence-electron chi connectivity index (χ1n) is 7.36. The van der Waals surface area contributed by atoms with Crippen molar-refractivity contribution in [2.75, 3.05) is 0 Å². The fourth-order valence-corrected chi connectivity index (χ4v) is 3.31. The van der Waals surface area contributed by atoms with Gasteiger partial charge in [0, 0.05) is 12.0 Å². The lowest BCUT2D eigenvalue weighted by atomic mass is 9.87. The molecule has 112 valence electrons. The minimum Gasteiger partial charge on any atom is -0.465 e. The number of hydrogen-bond acceptors (Lipinski definition) is 3. The lowest BCUT2D eigenvalue weighted by Gasteiger charge is -2.15. The van der Waals surface area contributed by atoms with Crippen LogP contribution in [0.1, 0.15) is 40.4 Å². The summed E-state index contributed by atoms with van der Waals surface area (Å²) in [5, 5.41) is 0. The van der Waals surface area contributed by atoms with Gasteiger partial charge in [-0.25, -0.2) is 0 Å². The van der Waals surface area contributed by atoms with Gasteiger partial charge in [0.1, 0.15) is 11.7 Å². The normalized spacial score (nSPS) is 20.1. The van der Waals surface area contributed by atoms with Gasteiger partial charge in [-0.1, -0.05) is 17.7 Å². The maximum absolute atomic E-state index is 12.7. The number of allylic oxidation sites excluding steroid dienone is 1. The Bertz CT molecular complexity index is 756. The van der Waals surface area contributed by atoms with Crippen LogP contribution in [0.2, 0.25) is 0 Å². The Morgan fingerprint density at radius 2 is 1.82 bits per heavy atom. The first-order chi connectivity index (χ1) is 10.5. The molecular weight excluding hydrogens is 276 g/mol. The summed E-state index contributed by atoms with van der Waals surface area (Å²) >= 11 is 0. The molecule has 1 aliphatic carbocycles. The van der Waals surface area contributed by atoms with Gasteiger partial charge in [-0.05, 0) is 55.7 Å². The zero-order valence-corrected chi connectivity index (χ0v) is 13.0. The fourth-order valence-electron chi connectivity index (χ4n) is 3.31. The Morgan fingerprint density at radius 1 is 1.14 bits per heavy atom. The van der Waals surface area contributed by atoms with Crippen molar-refractivity contribution in [2.45, 2.75) is 33.1 Å². The molecule has 22 heavy (non-hydrogen) atoms. The van der Waals surface area contributed by atoms with E-state index in [-0.39, 0.29) is 18.0 Å². The van der Waals surface area contributed by atoms with Crippen LogP contribution >= 0.6 is 0 Å². The summed E-state index contributed by atoms with van der Waals surface area (Å²) in [5.41, 5.74) is 4.54. The molecule has 0 amide bonds. The van der Waals surface area contributed by atoms with Crippen LogP contribution in [0.5, 0.6) is 0 Å². The number of hydrogen-bond donors (Lipinski definition) is 0. The highest BCUT2D eigenvalue weighted by Crippen LogP contribution is 2.36. The summed E-state index contributed by atoms with van der Waals surface area (Å²) in [6.07, 6.45) is 3.41. The average molecular weight is 294 g/mol. The topological polar surface area (TPSA) is 47.3 Å². The monoisotopic (exact) mass is 294 g/mol. The second kappa shape index (κ2) is 5.41. The molecule has 1 aromatic carbocycles. The third kappa shape index (κ3) is 2.43. The van der Waals surface area contributed by atoms with E-state index in [4.69, 9.17) is 4.42 Å². The van der Waals surface area contributed by atoms with Gasteiger partial charge in [-0.2, -0.15) is 0 Å². The second-order valence-electron chi connectivity index (χ2n) is 5.94. The number of aryl methyl sites for hydroxylation is 3. The van der Waals surface area contributed by atoms with E-state index < -0.39 is 5.92 Å². The Hall–Kier alpha value is -2.42. The van der Waals surface area contributed by atoms with Crippen LogP contribution in [-0.4, -0.2) is 11.6 Å². The molecule has 1 aromatic heterocycles. The predicted molar refractivity (Wildman–Crippen MR) is 84.7 cm³/mol. The molecule has 2 aromatic rings. The summed E-state index contributed by atoms with van der Waals surface area (Å²) in [5.74, 6) is -0.190. The van der Waals surface area contributed by atoms with Crippen molar-refractivity contribution in [2.24, 2.45) is 0 Å². The third-order valence-corrected chi connectivity index (χ3v) is 4.15. The standard InChI is InChI=1S/C19H18O3/c1-11-7-12(2)17(13(3)8-11)18-16(20)10-14(19(18)21)9-15-5-4-6-22-15/h4-9,18H,10H2,1-3H3. The Balaban J connectivity index is 2.03. The molecule has 0 spiro atoms. The average Bonchev–Trinajstić information content (AvgIpc) is 3.02. The van der Waals surface area contributed by atoms with Crippen LogP contribution in [0.15, 0.2) is 40.5 Å². The minimum absolute atomic E-state index is 0.0298. The maximum atomic E-state index is 12.7. The molecule has 0 N–H and O–H groups in total. The minimum atomic E-state index is -0.665. The molecule has 0 bridgehead atoms. The lowest BCUT2D eigenvalue weighted by Crippen LogP contribution is -2.15. The summed E-state index contributed by atoms with van der Waals surface area (Å²) < 4.78 is 5.24. The molecule has 1 saturated carbocycles. The molecule has 1 unspecified atom stereocenters. The Morgan fingerprint density at radius 3 is 2.41 bits per heavy atom. The van der Waals surface area contributed by atoms with Crippen molar-refractivity contribution in [3.8, 4) is 0 Å². The SMILES string of the molecule is Cc1cc(C)c(C2C(=O)CC(=Cc3ccco3)C2=O)c(C)c1. The molecule has 0 aliphatic heterocycles. The van der Waals surface area contributed by atoms with E-state index in [2.05, 4.69) is 0 Å². The number of rotatable bonds is 2. The van der Waals surface area contributed by atoms with Gasteiger partial charge in [0.05, 0.1) is 6.26 Å². The van der Waals surface area contributed by atoms with E-state index in [0.29, 0.717) is 11.3 Å². The van der Waals surface area contributed by atoms with Gasteiger partial charge in [-0.15, -0.1) is 0 Å². The van der Waals surface area contributed by atoms with Gasteiger partial charge >= 0.3 is 0 Å². The Kier molecular flexibility index (Phi) is 3.57. The lowest BCUT2D eigenvalue weighted by molar-refractivity contribution is -0.123. The van der Waals surface area contributed by atoms with E-state index in [1.54, 1.807) is 24.5 Å². The summed E-state index contributed by atoms with van der Waals surface area (Å²) in [7, 11) is 0. The highest BCUT2D eigenvalue weighted by atomic mass is 16.3. The number of furan rings is 1. The van der Waals surface area contributed by atoms with Crippen molar-refractivity contribution in [1.82, 2.24) is 0 Å². The van der Waals surface area contributed by atoms with Gasteiger partial charge < -0.3 is 4.42 Å². The number of ketones is 2. The van der Waals surface area contributed by atoms with E-state index in [0.717, 1.165) is 22.3 Å². The summed E-state index contributed by atoms with van der Waals surface area (Å²) in [6, 6.07) is 7.59. The first kappa shape index (κ1) is 14.5. The van der Waals surface area contributed by atoms with Crippen LogP contribution in [-0.2, 0) is 9.59 Å². The molecule has 3 nitrogen and oxygen atoms in total. The van der Waals surface area contributed by atoms with E-state index in [1.165, 1.54) is 0 Å². The van der Waals surface area contributed by atoms with Crippen molar-refractivity contribution in [3.63, 3.8) is 0 Å². The molecule has 3 rings (SSSR count). The first-order valence-corrected chi connectivity index (χ1v) is 7.36. The number of carbonyl (C=O) groups is 2. The Labute approximate surface area is 129 Å². The van der Waals surface area contributed by atoms with Gasteiger partial charge in [0.15, 0.2) is 11.6 Å². The highest BCUT2D eigenvalue weighted by molar-refractivity contribution is 6.24. The van der Waals surface area contributed by atoms with Gasteiger partial charge in [0.25, 0.3) is 0 Å². The number of carbonyl (C=O) groups excluding carboxylic acids is 2. The fraction of sp³-hybridized carbons (Fsp3) is 0.263. The maximum Gasteiger partial charge on any atom is 0.174 e. The summed E-state index contributed by atoms with van der Waals surface area (Å²) in [6.45, 7) is 5.94. The smallest absolute Gasteiger partial charge is 0.174 e. The van der Waals surface area contributed by atoms with Crippen LogP contribution in [0, 0.1) is 20.8 Å². The van der Waals surface area contributed by atoms with Crippen LogP contribution in [0.3, 0.4) is 0 Å². The molecule has 1 aliphatic rings. The largest absolute Gasteiger partial charge is 0.465 e. The molecular formula is C19H18O3. The molecule has 1 atom stereocenters. The zero-order valence-electron chi connectivity index (χ0n) is 13.0. The predicted octanol–water partition coefficient (Wildman–Crippen LogP) is 3.91. The van der Waals surface area contributed by atoms with Crippen LogP contribution in [0.4, 0.5) is 0 Å².